The lowest BCUT2D eigenvalue weighted by atomic mass is 9.93. The summed E-state index contributed by atoms with van der Waals surface area (Å²) in [5.41, 5.74) is 2.03. The van der Waals surface area contributed by atoms with Gasteiger partial charge in [0.1, 0.15) is 5.52 Å². The van der Waals surface area contributed by atoms with Crippen molar-refractivity contribution < 1.29 is 14.7 Å². The van der Waals surface area contributed by atoms with Crippen LogP contribution in [-0.2, 0) is 11.8 Å². The number of amides is 1. The smallest absolute Gasteiger partial charge is 0.308 e. The van der Waals surface area contributed by atoms with Gasteiger partial charge in [-0.25, -0.2) is 4.68 Å². The molecule has 1 aliphatic rings. The molecule has 22 heavy (non-hydrogen) atoms. The Morgan fingerprint density at radius 2 is 2.09 bits per heavy atom. The lowest BCUT2D eigenvalue weighted by molar-refractivity contribution is -0.143. The fourth-order valence-electron chi connectivity index (χ4n) is 2.93. The number of nitrogens with zero attached hydrogens (tertiary/aromatic N) is 4. The number of carbonyl (C=O) groups is 2. The molecule has 0 bridgehead atoms. The summed E-state index contributed by atoms with van der Waals surface area (Å²) in [6.45, 7) is 2.21. The van der Waals surface area contributed by atoms with Crippen molar-refractivity contribution in [2.24, 2.45) is 13.0 Å². The second kappa shape index (κ2) is 5.40. The van der Waals surface area contributed by atoms with Crippen LogP contribution in [0.1, 0.15) is 30.1 Å². The predicted octanol–water partition coefficient (Wildman–Crippen LogP) is 1.29. The van der Waals surface area contributed by atoms with Crippen LogP contribution in [-0.4, -0.2) is 49.5 Å². The highest BCUT2D eigenvalue weighted by Gasteiger charge is 2.33. The van der Waals surface area contributed by atoms with E-state index in [0.717, 1.165) is 5.52 Å². The number of carbonyl (C=O) groups excluding carboxylic acids is 1. The molecule has 1 saturated heterocycles. The number of hydrogen-bond acceptors (Lipinski definition) is 4. The molecule has 2 aromatic rings. The highest BCUT2D eigenvalue weighted by Crippen LogP contribution is 2.24. The minimum absolute atomic E-state index is 0.0423. The lowest BCUT2D eigenvalue weighted by Crippen LogP contribution is -2.47. The minimum Gasteiger partial charge on any atom is -0.481 e. The van der Waals surface area contributed by atoms with Crippen molar-refractivity contribution in [2.75, 3.05) is 6.54 Å². The molecule has 1 aliphatic heterocycles. The average molecular weight is 302 g/mol. The number of carboxylic acids is 1. The van der Waals surface area contributed by atoms with Crippen molar-refractivity contribution in [2.45, 2.75) is 25.8 Å². The zero-order valence-electron chi connectivity index (χ0n) is 12.6. The lowest BCUT2D eigenvalue weighted by Gasteiger charge is -2.36. The molecular formula is C15H18N4O3. The van der Waals surface area contributed by atoms with Crippen molar-refractivity contribution in [3.8, 4) is 0 Å². The topological polar surface area (TPSA) is 88.3 Å². The number of carboxylic acid groups (broad SMARTS) is 1. The summed E-state index contributed by atoms with van der Waals surface area (Å²) in [5.74, 6) is -1.47. The Balaban J connectivity index is 1.88. The van der Waals surface area contributed by atoms with Crippen LogP contribution in [0.3, 0.4) is 0 Å². The van der Waals surface area contributed by atoms with Crippen LogP contribution in [0.15, 0.2) is 18.2 Å². The van der Waals surface area contributed by atoms with Crippen LogP contribution in [0.2, 0.25) is 0 Å². The number of benzene rings is 1. The van der Waals surface area contributed by atoms with E-state index in [-0.39, 0.29) is 18.5 Å². The minimum atomic E-state index is -0.839. The van der Waals surface area contributed by atoms with Crippen LogP contribution in [0, 0.1) is 5.92 Å². The van der Waals surface area contributed by atoms with Crippen LogP contribution < -0.4 is 0 Å². The number of hydrogen-bond donors (Lipinski definition) is 1. The first-order chi connectivity index (χ1) is 10.5. The van der Waals surface area contributed by atoms with Gasteiger partial charge in [-0.1, -0.05) is 5.21 Å². The number of rotatable bonds is 2. The van der Waals surface area contributed by atoms with E-state index in [4.69, 9.17) is 0 Å². The van der Waals surface area contributed by atoms with Gasteiger partial charge in [0.2, 0.25) is 0 Å². The maximum absolute atomic E-state index is 12.7. The zero-order valence-corrected chi connectivity index (χ0v) is 12.6. The van der Waals surface area contributed by atoms with E-state index in [2.05, 4.69) is 10.3 Å². The second-order valence-corrected chi connectivity index (χ2v) is 5.84. The number of fused-ring (bicyclic) bond motifs is 1. The average Bonchev–Trinajstić information content (AvgIpc) is 2.87. The molecule has 1 amide bonds. The third-order valence-electron chi connectivity index (χ3n) is 4.35. The molecule has 2 heterocycles. The Hall–Kier alpha value is -2.44. The summed E-state index contributed by atoms with van der Waals surface area (Å²) < 4.78 is 1.65. The maximum Gasteiger partial charge on any atom is 0.308 e. The molecule has 1 aromatic heterocycles. The van der Waals surface area contributed by atoms with E-state index < -0.39 is 11.9 Å². The SMILES string of the molecule is CC1CCC(C(=O)O)CN1C(=O)c1ccc2c(c1)nnn2C. The van der Waals surface area contributed by atoms with Gasteiger partial charge in [0, 0.05) is 25.2 Å². The molecule has 0 spiro atoms. The third-order valence-corrected chi connectivity index (χ3v) is 4.35. The van der Waals surface area contributed by atoms with Crippen molar-refractivity contribution in [3.05, 3.63) is 23.8 Å². The van der Waals surface area contributed by atoms with E-state index in [1.807, 2.05) is 13.0 Å². The van der Waals surface area contributed by atoms with E-state index >= 15 is 0 Å². The largest absolute Gasteiger partial charge is 0.481 e. The van der Waals surface area contributed by atoms with Gasteiger partial charge in [0.25, 0.3) is 5.91 Å². The number of piperidine rings is 1. The van der Waals surface area contributed by atoms with Gasteiger partial charge < -0.3 is 10.0 Å². The summed E-state index contributed by atoms with van der Waals surface area (Å²) in [6.07, 6.45) is 1.32. The summed E-state index contributed by atoms with van der Waals surface area (Å²) in [6, 6.07) is 5.30. The predicted molar refractivity (Wildman–Crippen MR) is 79.4 cm³/mol. The van der Waals surface area contributed by atoms with Gasteiger partial charge in [-0.2, -0.15) is 0 Å². The number of aliphatic carboxylic acids is 1. The molecule has 1 aromatic carbocycles. The Kier molecular flexibility index (Phi) is 3.56. The van der Waals surface area contributed by atoms with Gasteiger partial charge in [0.15, 0.2) is 0 Å². The Labute approximate surface area is 127 Å². The van der Waals surface area contributed by atoms with Gasteiger partial charge >= 0.3 is 5.97 Å². The zero-order chi connectivity index (χ0) is 15.9. The molecule has 0 saturated carbocycles. The van der Waals surface area contributed by atoms with Crippen molar-refractivity contribution in [1.29, 1.82) is 0 Å². The molecule has 116 valence electrons. The highest BCUT2D eigenvalue weighted by atomic mass is 16.4. The van der Waals surface area contributed by atoms with E-state index in [1.54, 1.807) is 28.8 Å². The Bertz CT molecular complexity index is 739. The summed E-state index contributed by atoms with van der Waals surface area (Å²) in [5, 5.41) is 17.1. The van der Waals surface area contributed by atoms with Gasteiger partial charge in [-0.15, -0.1) is 5.10 Å². The standard InChI is InChI=1S/C15H18N4O3/c1-9-3-4-11(15(21)22)8-19(9)14(20)10-5-6-13-12(7-10)16-17-18(13)2/h5-7,9,11H,3-4,8H2,1-2H3,(H,21,22). The van der Waals surface area contributed by atoms with Gasteiger partial charge in [0.05, 0.1) is 11.4 Å². The molecule has 2 unspecified atom stereocenters. The molecule has 1 fully saturated rings. The highest BCUT2D eigenvalue weighted by molar-refractivity contribution is 5.97. The normalized spacial score (nSPS) is 22.0. The molecule has 0 radical (unpaired) electrons. The van der Waals surface area contributed by atoms with Crippen molar-refractivity contribution >= 4 is 22.9 Å². The molecule has 7 nitrogen and oxygen atoms in total. The quantitative estimate of drug-likeness (QED) is 0.903. The Morgan fingerprint density at radius 3 is 2.82 bits per heavy atom. The first-order valence-electron chi connectivity index (χ1n) is 7.30. The van der Waals surface area contributed by atoms with E-state index in [1.165, 1.54) is 0 Å². The van der Waals surface area contributed by atoms with E-state index in [9.17, 15) is 14.7 Å². The molecule has 1 N–H and O–H groups in total. The third kappa shape index (κ3) is 2.43. The summed E-state index contributed by atoms with van der Waals surface area (Å²) in [7, 11) is 1.79. The van der Waals surface area contributed by atoms with Crippen molar-refractivity contribution in [1.82, 2.24) is 19.9 Å². The molecule has 0 aliphatic carbocycles. The van der Waals surface area contributed by atoms with Crippen LogP contribution in [0.25, 0.3) is 11.0 Å². The van der Waals surface area contributed by atoms with Gasteiger partial charge in [-0.3, -0.25) is 9.59 Å². The van der Waals surface area contributed by atoms with Crippen LogP contribution in [0.4, 0.5) is 0 Å². The number of aromatic nitrogens is 3. The first-order valence-corrected chi connectivity index (χ1v) is 7.30. The fourth-order valence-corrected chi connectivity index (χ4v) is 2.93. The number of likely N-dealkylation sites (tertiary alicyclic amines) is 1. The fraction of sp³-hybridized carbons (Fsp3) is 0.467. The van der Waals surface area contributed by atoms with Crippen molar-refractivity contribution in [3.63, 3.8) is 0 Å². The number of aryl methyl sites for hydroxylation is 1. The molecular weight excluding hydrogens is 284 g/mol. The monoisotopic (exact) mass is 302 g/mol. The maximum atomic E-state index is 12.7. The second-order valence-electron chi connectivity index (χ2n) is 5.84. The van der Waals surface area contributed by atoms with Crippen LogP contribution >= 0.6 is 0 Å². The first kappa shape index (κ1) is 14.5. The summed E-state index contributed by atoms with van der Waals surface area (Å²) >= 11 is 0. The Morgan fingerprint density at radius 1 is 1.32 bits per heavy atom. The molecule has 7 heteroatoms. The summed E-state index contributed by atoms with van der Waals surface area (Å²) in [4.78, 5) is 25.5. The van der Waals surface area contributed by atoms with E-state index in [0.29, 0.717) is 23.9 Å². The van der Waals surface area contributed by atoms with Gasteiger partial charge in [-0.05, 0) is 38.0 Å². The van der Waals surface area contributed by atoms with Crippen LogP contribution in [0.5, 0.6) is 0 Å². The molecule has 3 rings (SSSR count). The molecule has 2 atom stereocenters.